The fraction of sp³-hybridized carbons (Fsp3) is 0.474. The van der Waals surface area contributed by atoms with Crippen LogP contribution in [0.25, 0.3) is 11.4 Å². The lowest BCUT2D eigenvalue weighted by Crippen LogP contribution is -2.18. The van der Waals surface area contributed by atoms with Crippen molar-refractivity contribution in [2.45, 2.75) is 46.0 Å². The third kappa shape index (κ3) is 3.34. The number of hydrogen-bond acceptors (Lipinski definition) is 2. The number of nitrogens with zero attached hydrogens (tertiary/aromatic N) is 2. The van der Waals surface area contributed by atoms with E-state index in [1.165, 1.54) is 42.7 Å². The summed E-state index contributed by atoms with van der Waals surface area (Å²) in [7, 11) is 0. The minimum atomic E-state index is -0.227. The van der Waals surface area contributed by atoms with Gasteiger partial charge < -0.3 is 0 Å². The number of benzene rings is 1. The SMILES string of the molecule is CCC(C)CC1CCc2nc(-c3ccc(F)cc3)ncc2C1. The molecule has 2 aromatic rings. The van der Waals surface area contributed by atoms with Gasteiger partial charge >= 0.3 is 0 Å². The Balaban J connectivity index is 1.77. The molecule has 22 heavy (non-hydrogen) atoms. The Bertz CT molecular complexity index is 636. The van der Waals surface area contributed by atoms with Crippen LogP contribution < -0.4 is 0 Å². The number of fused-ring (bicyclic) bond motifs is 1. The zero-order valence-electron chi connectivity index (χ0n) is 13.3. The lowest BCUT2D eigenvalue weighted by Gasteiger charge is -2.26. The summed E-state index contributed by atoms with van der Waals surface area (Å²) in [6.45, 7) is 4.60. The first-order valence-corrected chi connectivity index (χ1v) is 8.26. The highest BCUT2D eigenvalue weighted by Crippen LogP contribution is 2.30. The Morgan fingerprint density at radius 1 is 1.27 bits per heavy atom. The van der Waals surface area contributed by atoms with Crippen molar-refractivity contribution >= 4 is 0 Å². The van der Waals surface area contributed by atoms with Gasteiger partial charge in [-0.3, -0.25) is 0 Å². The van der Waals surface area contributed by atoms with Crippen molar-refractivity contribution in [1.29, 1.82) is 0 Å². The summed E-state index contributed by atoms with van der Waals surface area (Å²) in [5.74, 6) is 2.04. The third-order valence-corrected chi connectivity index (χ3v) is 4.79. The van der Waals surface area contributed by atoms with Crippen molar-refractivity contribution < 1.29 is 4.39 Å². The van der Waals surface area contributed by atoms with Crippen LogP contribution in [-0.4, -0.2) is 9.97 Å². The van der Waals surface area contributed by atoms with E-state index in [1.807, 2.05) is 6.20 Å². The fourth-order valence-corrected chi connectivity index (χ4v) is 3.26. The first-order chi connectivity index (χ1) is 10.7. The van der Waals surface area contributed by atoms with Crippen LogP contribution in [0.1, 0.15) is 44.4 Å². The van der Waals surface area contributed by atoms with Gasteiger partial charge in [0.2, 0.25) is 0 Å². The maximum Gasteiger partial charge on any atom is 0.159 e. The summed E-state index contributed by atoms with van der Waals surface area (Å²) in [4.78, 5) is 9.21. The second-order valence-corrected chi connectivity index (χ2v) is 6.53. The van der Waals surface area contributed by atoms with Crippen molar-refractivity contribution in [2.75, 3.05) is 0 Å². The first-order valence-electron chi connectivity index (χ1n) is 8.26. The van der Waals surface area contributed by atoms with Gasteiger partial charge in [-0.15, -0.1) is 0 Å². The number of halogens is 1. The normalized spacial score (nSPS) is 18.8. The molecule has 1 aliphatic rings. The Kier molecular flexibility index (Phi) is 4.51. The highest BCUT2D eigenvalue weighted by Gasteiger charge is 2.22. The molecule has 116 valence electrons. The monoisotopic (exact) mass is 298 g/mol. The van der Waals surface area contributed by atoms with Crippen molar-refractivity contribution in [3.8, 4) is 11.4 Å². The van der Waals surface area contributed by atoms with E-state index in [-0.39, 0.29) is 5.82 Å². The number of aromatic nitrogens is 2. The Hall–Kier alpha value is -1.77. The molecule has 0 fully saturated rings. The molecule has 2 nitrogen and oxygen atoms in total. The second kappa shape index (κ2) is 6.55. The number of hydrogen-bond donors (Lipinski definition) is 0. The van der Waals surface area contributed by atoms with Crippen LogP contribution in [0.4, 0.5) is 4.39 Å². The van der Waals surface area contributed by atoms with E-state index < -0.39 is 0 Å². The largest absolute Gasteiger partial charge is 0.236 e. The Morgan fingerprint density at radius 2 is 2.05 bits per heavy atom. The summed E-state index contributed by atoms with van der Waals surface area (Å²) in [5.41, 5.74) is 3.35. The van der Waals surface area contributed by atoms with Crippen molar-refractivity contribution in [3.05, 3.63) is 47.5 Å². The predicted octanol–water partition coefficient (Wildman–Crippen LogP) is 4.82. The van der Waals surface area contributed by atoms with E-state index in [1.54, 1.807) is 12.1 Å². The molecule has 0 aliphatic heterocycles. The summed E-state index contributed by atoms with van der Waals surface area (Å²) in [6.07, 6.45) is 7.89. The van der Waals surface area contributed by atoms with Crippen LogP contribution in [0, 0.1) is 17.7 Å². The number of rotatable bonds is 4. The molecule has 3 rings (SSSR count). The lowest BCUT2D eigenvalue weighted by atomic mass is 9.81. The highest BCUT2D eigenvalue weighted by atomic mass is 19.1. The minimum Gasteiger partial charge on any atom is -0.236 e. The minimum absolute atomic E-state index is 0.227. The molecule has 0 N–H and O–H groups in total. The third-order valence-electron chi connectivity index (χ3n) is 4.79. The zero-order valence-corrected chi connectivity index (χ0v) is 13.3. The Labute approximate surface area is 131 Å². The van der Waals surface area contributed by atoms with Gasteiger partial charge in [0, 0.05) is 17.5 Å². The van der Waals surface area contributed by atoms with E-state index in [4.69, 9.17) is 4.98 Å². The van der Waals surface area contributed by atoms with E-state index in [2.05, 4.69) is 18.8 Å². The van der Waals surface area contributed by atoms with Gasteiger partial charge in [-0.05, 0) is 67.3 Å². The van der Waals surface area contributed by atoms with Gasteiger partial charge in [0.25, 0.3) is 0 Å². The molecular weight excluding hydrogens is 275 g/mol. The molecule has 0 saturated carbocycles. The number of aryl methyl sites for hydroxylation is 1. The molecule has 0 bridgehead atoms. The van der Waals surface area contributed by atoms with Crippen LogP contribution in [-0.2, 0) is 12.8 Å². The standard InChI is InChI=1S/C19H23FN2/c1-3-13(2)10-14-4-9-18-16(11-14)12-21-19(22-18)15-5-7-17(20)8-6-15/h5-8,12-14H,3-4,9-11H2,1-2H3. The van der Waals surface area contributed by atoms with Crippen LogP contribution in [0.3, 0.4) is 0 Å². The molecule has 0 amide bonds. The van der Waals surface area contributed by atoms with Gasteiger partial charge in [0.15, 0.2) is 5.82 Å². The summed E-state index contributed by atoms with van der Waals surface area (Å²) >= 11 is 0. The molecule has 3 heteroatoms. The zero-order chi connectivity index (χ0) is 15.5. The summed E-state index contributed by atoms with van der Waals surface area (Å²) in [5, 5.41) is 0. The molecule has 1 aromatic heterocycles. The van der Waals surface area contributed by atoms with Crippen LogP contribution in [0.5, 0.6) is 0 Å². The van der Waals surface area contributed by atoms with E-state index in [0.29, 0.717) is 5.82 Å². The van der Waals surface area contributed by atoms with E-state index in [9.17, 15) is 4.39 Å². The molecule has 2 atom stereocenters. The summed E-state index contributed by atoms with van der Waals surface area (Å²) < 4.78 is 13.0. The van der Waals surface area contributed by atoms with Crippen LogP contribution >= 0.6 is 0 Å². The first kappa shape index (κ1) is 15.1. The van der Waals surface area contributed by atoms with Gasteiger partial charge in [0.05, 0.1) is 0 Å². The van der Waals surface area contributed by atoms with Crippen LogP contribution in [0.15, 0.2) is 30.5 Å². The lowest BCUT2D eigenvalue weighted by molar-refractivity contribution is 0.346. The Morgan fingerprint density at radius 3 is 2.77 bits per heavy atom. The molecular formula is C19H23FN2. The van der Waals surface area contributed by atoms with Crippen LogP contribution in [0.2, 0.25) is 0 Å². The molecule has 0 saturated heterocycles. The average Bonchev–Trinajstić information content (AvgIpc) is 2.55. The average molecular weight is 298 g/mol. The smallest absolute Gasteiger partial charge is 0.159 e. The molecule has 1 aromatic carbocycles. The quantitative estimate of drug-likeness (QED) is 0.808. The van der Waals surface area contributed by atoms with E-state index >= 15 is 0 Å². The molecule has 0 spiro atoms. The van der Waals surface area contributed by atoms with Crippen molar-refractivity contribution in [2.24, 2.45) is 11.8 Å². The maximum absolute atomic E-state index is 13.0. The van der Waals surface area contributed by atoms with Gasteiger partial charge in [0.1, 0.15) is 5.82 Å². The summed E-state index contributed by atoms with van der Waals surface area (Å²) in [6, 6.07) is 6.40. The van der Waals surface area contributed by atoms with Gasteiger partial charge in [-0.25, -0.2) is 14.4 Å². The van der Waals surface area contributed by atoms with Crippen molar-refractivity contribution in [3.63, 3.8) is 0 Å². The highest BCUT2D eigenvalue weighted by molar-refractivity contribution is 5.55. The van der Waals surface area contributed by atoms with E-state index in [0.717, 1.165) is 30.2 Å². The predicted molar refractivity (Wildman–Crippen MR) is 87.0 cm³/mol. The van der Waals surface area contributed by atoms with Gasteiger partial charge in [-0.1, -0.05) is 20.3 Å². The maximum atomic E-state index is 13.0. The second-order valence-electron chi connectivity index (χ2n) is 6.53. The van der Waals surface area contributed by atoms with Gasteiger partial charge in [-0.2, -0.15) is 0 Å². The molecule has 0 radical (unpaired) electrons. The molecule has 1 aliphatic carbocycles. The molecule has 1 heterocycles. The van der Waals surface area contributed by atoms with Crippen molar-refractivity contribution in [1.82, 2.24) is 9.97 Å². The topological polar surface area (TPSA) is 25.8 Å². The molecule has 2 unspecified atom stereocenters. The fourth-order valence-electron chi connectivity index (χ4n) is 3.26.